The lowest BCUT2D eigenvalue weighted by molar-refractivity contribution is -0.146. The van der Waals surface area contributed by atoms with Crippen molar-refractivity contribution in [2.45, 2.75) is 39.7 Å². The molecule has 5 heteroatoms. The minimum atomic E-state index is -0.840. The van der Waals surface area contributed by atoms with Gasteiger partial charge in [0.15, 0.2) is 0 Å². The summed E-state index contributed by atoms with van der Waals surface area (Å²) in [5, 5.41) is 16.2. The van der Waals surface area contributed by atoms with E-state index in [0.29, 0.717) is 25.3 Å². The summed E-state index contributed by atoms with van der Waals surface area (Å²) >= 11 is 1.61. The molecule has 2 rings (SSSR count). The molecular formula is C15H21NO3S. The Bertz CT molecular complexity index is 497. The number of amides is 1. The number of carbonyl (C=O) groups is 2. The van der Waals surface area contributed by atoms with E-state index >= 15 is 0 Å². The van der Waals surface area contributed by atoms with E-state index < -0.39 is 11.9 Å². The zero-order valence-electron chi connectivity index (χ0n) is 11.9. The lowest BCUT2D eigenvalue weighted by Crippen LogP contribution is -2.34. The molecule has 0 aliphatic heterocycles. The van der Waals surface area contributed by atoms with Crippen molar-refractivity contribution in [3.05, 3.63) is 21.9 Å². The van der Waals surface area contributed by atoms with Crippen LogP contribution in [0.15, 0.2) is 10.8 Å². The Labute approximate surface area is 123 Å². The van der Waals surface area contributed by atoms with Gasteiger partial charge in [-0.15, -0.1) is 0 Å². The topological polar surface area (TPSA) is 66.4 Å². The Morgan fingerprint density at radius 1 is 1.35 bits per heavy atom. The average molecular weight is 295 g/mol. The number of carboxylic acids is 1. The van der Waals surface area contributed by atoms with Gasteiger partial charge in [-0.1, -0.05) is 13.3 Å². The van der Waals surface area contributed by atoms with Gasteiger partial charge in [-0.05, 0) is 47.6 Å². The van der Waals surface area contributed by atoms with Crippen LogP contribution in [0.25, 0.3) is 0 Å². The summed E-state index contributed by atoms with van der Waals surface area (Å²) in [5.41, 5.74) is 2.28. The van der Waals surface area contributed by atoms with Crippen molar-refractivity contribution >= 4 is 23.2 Å². The second-order valence-corrected chi connectivity index (χ2v) is 6.34. The summed E-state index contributed by atoms with van der Waals surface area (Å²) in [6.45, 7) is 4.56. The Morgan fingerprint density at radius 3 is 2.60 bits per heavy atom. The van der Waals surface area contributed by atoms with Crippen LogP contribution >= 0.6 is 11.3 Å². The molecule has 0 spiro atoms. The molecule has 1 unspecified atom stereocenters. The number of thiophene rings is 1. The Morgan fingerprint density at radius 2 is 2.05 bits per heavy atom. The van der Waals surface area contributed by atoms with E-state index in [1.165, 1.54) is 5.56 Å². The van der Waals surface area contributed by atoms with Crippen LogP contribution in [-0.2, 0) is 16.1 Å². The molecule has 4 nitrogen and oxygen atoms in total. The first-order chi connectivity index (χ1) is 9.52. The second-order valence-electron chi connectivity index (χ2n) is 5.59. The molecule has 0 aromatic carbocycles. The molecule has 1 heterocycles. The lowest BCUT2D eigenvalue weighted by atomic mass is 9.95. The number of hydrogen-bond donors (Lipinski definition) is 2. The van der Waals surface area contributed by atoms with Crippen LogP contribution in [0, 0.1) is 24.7 Å². The van der Waals surface area contributed by atoms with E-state index in [0.717, 1.165) is 12.0 Å². The molecule has 0 bridgehead atoms. The third kappa shape index (κ3) is 3.20. The maximum atomic E-state index is 12.3. The molecule has 110 valence electrons. The summed E-state index contributed by atoms with van der Waals surface area (Å²) in [5.74, 6) is -1.50. The van der Waals surface area contributed by atoms with Gasteiger partial charge in [0.05, 0.1) is 11.8 Å². The van der Waals surface area contributed by atoms with E-state index in [1.807, 2.05) is 17.7 Å². The van der Waals surface area contributed by atoms with Gasteiger partial charge in [0, 0.05) is 6.54 Å². The van der Waals surface area contributed by atoms with Gasteiger partial charge < -0.3 is 10.4 Å². The van der Waals surface area contributed by atoms with Gasteiger partial charge in [-0.2, -0.15) is 11.3 Å². The normalized spacial score (nSPS) is 25.6. The van der Waals surface area contributed by atoms with Crippen molar-refractivity contribution < 1.29 is 14.7 Å². The molecule has 1 aromatic rings. The molecule has 0 saturated heterocycles. The van der Waals surface area contributed by atoms with E-state index in [9.17, 15) is 14.7 Å². The van der Waals surface area contributed by atoms with Crippen LogP contribution in [0.1, 0.15) is 37.3 Å². The van der Waals surface area contributed by atoms with Crippen molar-refractivity contribution in [1.82, 2.24) is 5.32 Å². The van der Waals surface area contributed by atoms with Crippen molar-refractivity contribution in [2.24, 2.45) is 17.8 Å². The molecule has 20 heavy (non-hydrogen) atoms. The van der Waals surface area contributed by atoms with Crippen LogP contribution in [0.2, 0.25) is 0 Å². The largest absolute Gasteiger partial charge is 0.481 e. The third-order valence-electron chi connectivity index (χ3n) is 4.31. The fourth-order valence-corrected chi connectivity index (χ4v) is 3.78. The van der Waals surface area contributed by atoms with E-state index in [4.69, 9.17) is 0 Å². The first-order valence-corrected chi connectivity index (χ1v) is 7.99. The molecule has 3 atom stereocenters. The molecule has 1 aromatic heterocycles. The monoisotopic (exact) mass is 295 g/mol. The number of aliphatic carboxylic acids is 1. The number of nitrogens with one attached hydrogen (secondary N) is 1. The Balaban J connectivity index is 1.97. The molecular weight excluding hydrogens is 274 g/mol. The van der Waals surface area contributed by atoms with Crippen molar-refractivity contribution in [1.29, 1.82) is 0 Å². The van der Waals surface area contributed by atoms with Gasteiger partial charge >= 0.3 is 5.97 Å². The fourth-order valence-electron chi connectivity index (χ4n) is 2.92. The van der Waals surface area contributed by atoms with Gasteiger partial charge in [0.2, 0.25) is 5.91 Å². The van der Waals surface area contributed by atoms with Crippen molar-refractivity contribution in [3.63, 3.8) is 0 Å². The third-order valence-corrected chi connectivity index (χ3v) is 5.22. The standard InChI is InChI=1S/C15H21NO3S/c1-3-10-4-12(13(5-10)15(18)19)14(17)16-6-11-8-20-7-9(11)2/h7-8,10,12-13H,3-6H2,1-2H3,(H,16,17)(H,18,19)/t10?,12-,13+/m0/s1. The molecule has 1 amide bonds. The zero-order valence-corrected chi connectivity index (χ0v) is 12.7. The predicted octanol–water partition coefficient (Wildman–Crippen LogP) is 2.81. The number of hydrogen-bond acceptors (Lipinski definition) is 3. The maximum absolute atomic E-state index is 12.3. The Kier molecular flexibility index (Phi) is 4.81. The molecule has 1 fully saturated rings. The fraction of sp³-hybridized carbons (Fsp3) is 0.600. The summed E-state index contributed by atoms with van der Waals surface area (Å²) in [7, 11) is 0. The van der Waals surface area contributed by atoms with Crippen LogP contribution in [0.5, 0.6) is 0 Å². The number of carbonyl (C=O) groups excluding carboxylic acids is 1. The summed E-state index contributed by atoms with van der Waals surface area (Å²) in [6.07, 6.45) is 2.26. The number of aryl methyl sites for hydroxylation is 1. The first-order valence-electron chi connectivity index (χ1n) is 7.05. The maximum Gasteiger partial charge on any atom is 0.307 e. The molecule has 1 aliphatic rings. The van der Waals surface area contributed by atoms with Crippen molar-refractivity contribution in [3.8, 4) is 0 Å². The minimum absolute atomic E-state index is 0.112. The second kappa shape index (κ2) is 6.39. The van der Waals surface area contributed by atoms with Gasteiger partial charge in [-0.3, -0.25) is 9.59 Å². The van der Waals surface area contributed by atoms with E-state index in [2.05, 4.69) is 12.2 Å². The summed E-state index contributed by atoms with van der Waals surface area (Å²) in [6, 6.07) is 0. The van der Waals surface area contributed by atoms with Gasteiger partial charge in [0.25, 0.3) is 0 Å². The molecule has 1 saturated carbocycles. The smallest absolute Gasteiger partial charge is 0.307 e. The lowest BCUT2D eigenvalue weighted by Gasteiger charge is -2.15. The SMILES string of the molecule is CCC1C[C@H](C(=O)NCc2cscc2C)[C@H](C(=O)O)C1. The first kappa shape index (κ1) is 15.0. The highest BCUT2D eigenvalue weighted by molar-refractivity contribution is 7.08. The Hall–Kier alpha value is -1.36. The van der Waals surface area contributed by atoms with Crippen molar-refractivity contribution in [2.75, 3.05) is 0 Å². The van der Waals surface area contributed by atoms with E-state index in [1.54, 1.807) is 11.3 Å². The van der Waals surface area contributed by atoms with Crippen LogP contribution in [-0.4, -0.2) is 17.0 Å². The highest BCUT2D eigenvalue weighted by Gasteiger charge is 2.41. The van der Waals surface area contributed by atoms with Crippen LogP contribution in [0.3, 0.4) is 0 Å². The summed E-state index contributed by atoms with van der Waals surface area (Å²) < 4.78 is 0. The van der Waals surface area contributed by atoms with E-state index in [-0.39, 0.29) is 11.8 Å². The highest BCUT2D eigenvalue weighted by atomic mass is 32.1. The number of rotatable bonds is 5. The zero-order chi connectivity index (χ0) is 14.7. The minimum Gasteiger partial charge on any atom is -0.481 e. The van der Waals surface area contributed by atoms with Gasteiger partial charge in [0.1, 0.15) is 0 Å². The quantitative estimate of drug-likeness (QED) is 0.878. The molecule has 1 aliphatic carbocycles. The van der Waals surface area contributed by atoms with Gasteiger partial charge in [-0.25, -0.2) is 0 Å². The van der Waals surface area contributed by atoms with Crippen LogP contribution < -0.4 is 5.32 Å². The number of carboxylic acid groups (broad SMARTS) is 1. The highest BCUT2D eigenvalue weighted by Crippen LogP contribution is 2.38. The summed E-state index contributed by atoms with van der Waals surface area (Å²) in [4.78, 5) is 23.5. The molecule has 2 N–H and O–H groups in total. The average Bonchev–Trinajstić information content (AvgIpc) is 3.02. The molecule has 0 radical (unpaired) electrons. The predicted molar refractivity (Wildman–Crippen MR) is 78.5 cm³/mol. The van der Waals surface area contributed by atoms with Crippen LogP contribution in [0.4, 0.5) is 0 Å².